The lowest BCUT2D eigenvalue weighted by Crippen LogP contribution is -2.42. The van der Waals surface area contributed by atoms with E-state index in [1.165, 1.54) is 38.2 Å². The first-order valence-electron chi connectivity index (χ1n) is 9.96. The number of nitrogens with one attached hydrogen (secondary N) is 1. The Morgan fingerprint density at radius 2 is 1.71 bits per heavy atom. The molecule has 31 heavy (non-hydrogen) atoms. The fourth-order valence-electron chi connectivity index (χ4n) is 3.81. The summed E-state index contributed by atoms with van der Waals surface area (Å²) in [6, 6.07) is 0. The molecule has 2 fully saturated rings. The monoisotopic (exact) mass is 478 g/mol. The zero-order chi connectivity index (χ0) is 23.9. The van der Waals surface area contributed by atoms with Gasteiger partial charge in [-0.1, -0.05) is 45.1 Å². The molecule has 12 heteroatoms. The molecule has 1 saturated carbocycles. The predicted octanol–water partition coefficient (Wildman–Crippen LogP) is 4.68. The molecule has 0 amide bonds. The second-order valence-electron chi connectivity index (χ2n) is 7.38. The average molecular weight is 478 g/mol. The Kier molecular flexibility index (Phi) is 10.1. The summed E-state index contributed by atoms with van der Waals surface area (Å²) in [6.07, 6.45) is 3.86. The standard InChI is InChI=1S/C11H12F6N2O2S.C7H14.CH2O/c12-10(13,14)8-2-1-3-9-7(8)6-19(5-4-18-9)22(20,21)11(15,16)17;1-2-7-5-3-4-6-7;1-2/h3,18H,1-2,4-6H2;7H,2-6H2,1H3;1H2. The number of rotatable bonds is 2. The van der Waals surface area contributed by atoms with E-state index in [4.69, 9.17) is 4.79 Å². The summed E-state index contributed by atoms with van der Waals surface area (Å²) < 4.78 is 99.7. The number of hydrogen-bond donors (Lipinski definition) is 1. The summed E-state index contributed by atoms with van der Waals surface area (Å²) in [6.45, 7) is 2.59. The summed E-state index contributed by atoms with van der Waals surface area (Å²) in [5.74, 6) is 1.10. The summed E-state index contributed by atoms with van der Waals surface area (Å²) in [7, 11) is -5.68. The van der Waals surface area contributed by atoms with E-state index in [2.05, 4.69) is 12.2 Å². The van der Waals surface area contributed by atoms with Crippen molar-refractivity contribution in [1.82, 2.24) is 9.62 Å². The third-order valence-corrected chi connectivity index (χ3v) is 7.05. The highest BCUT2D eigenvalue weighted by atomic mass is 32.2. The van der Waals surface area contributed by atoms with Crippen LogP contribution in [0.4, 0.5) is 26.3 Å². The molecular weight excluding hydrogens is 450 g/mol. The number of fused-ring (bicyclic) bond motifs is 1. The molecule has 0 radical (unpaired) electrons. The fourth-order valence-corrected chi connectivity index (χ4v) is 4.73. The number of sulfonamides is 1. The van der Waals surface area contributed by atoms with Gasteiger partial charge in [0.2, 0.25) is 0 Å². The van der Waals surface area contributed by atoms with Crippen molar-refractivity contribution in [3.63, 3.8) is 0 Å². The van der Waals surface area contributed by atoms with Gasteiger partial charge in [-0.2, -0.15) is 30.6 Å². The van der Waals surface area contributed by atoms with Crippen LogP contribution in [-0.2, 0) is 14.8 Å². The normalized spacial score (nSPS) is 20.9. The van der Waals surface area contributed by atoms with Gasteiger partial charge in [0.25, 0.3) is 0 Å². The van der Waals surface area contributed by atoms with Crippen molar-refractivity contribution in [3.05, 3.63) is 22.9 Å². The quantitative estimate of drug-likeness (QED) is 0.586. The van der Waals surface area contributed by atoms with Gasteiger partial charge in [0.05, 0.1) is 0 Å². The van der Waals surface area contributed by atoms with E-state index < -0.39 is 45.9 Å². The molecule has 5 nitrogen and oxygen atoms in total. The second-order valence-corrected chi connectivity index (χ2v) is 9.31. The third kappa shape index (κ3) is 7.23. The van der Waals surface area contributed by atoms with Crippen LogP contribution in [0.5, 0.6) is 0 Å². The number of carbonyl (C=O) groups is 1. The van der Waals surface area contributed by atoms with Crippen LogP contribution in [-0.4, -0.2) is 50.8 Å². The van der Waals surface area contributed by atoms with Crippen LogP contribution < -0.4 is 5.32 Å². The highest BCUT2D eigenvalue weighted by Crippen LogP contribution is 2.38. The highest BCUT2D eigenvalue weighted by molar-refractivity contribution is 7.90. The van der Waals surface area contributed by atoms with Crippen molar-refractivity contribution >= 4 is 16.8 Å². The molecule has 0 aromatic rings. The Morgan fingerprint density at radius 3 is 2.16 bits per heavy atom. The van der Waals surface area contributed by atoms with Crippen molar-refractivity contribution in [1.29, 1.82) is 0 Å². The maximum absolute atomic E-state index is 13.0. The lowest BCUT2D eigenvalue weighted by Gasteiger charge is -2.25. The Bertz CT molecular complexity index is 754. The molecule has 3 rings (SSSR count). The molecule has 0 spiro atoms. The van der Waals surface area contributed by atoms with Gasteiger partial charge >= 0.3 is 21.7 Å². The largest absolute Gasteiger partial charge is 0.511 e. The van der Waals surface area contributed by atoms with Crippen LogP contribution in [0.3, 0.4) is 0 Å². The van der Waals surface area contributed by atoms with Gasteiger partial charge in [0.1, 0.15) is 6.79 Å². The maximum Gasteiger partial charge on any atom is 0.511 e. The molecular formula is C19H28F6N2O3S. The van der Waals surface area contributed by atoms with Gasteiger partial charge in [-0.25, -0.2) is 8.42 Å². The SMILES string of the molecule is C=O.CCC1CCCC1.O=S(=O)(N1CCNC2=CCCC(C(F)(F)F)=C2C1)C(F)(F)F. The molecule has 0 aromatic carbocycles. The molecule has 1 aliphatic heterocycles. The lowest BCUT2D eigenvalue weighted by atomic mass is 9.94. The topological polar surface area (TPSA) is 66.5 Å². The van der Waals surface area contributed by atoms with E-state index in [0.717, 1.165) is 5.92 Å². The molecule has 0 unspecified atom stereocenters. The molecule has 0 atom stereocenters. The number of alkyl halides is 6. The Labute approximate surface area is 178 Å². The van der Waals surface area contributed by atoms with Crippen molar-refractivity contribution in [2.24, 2.45) is 5.92 Å². The van der Waals surface area contributed by atoms with Crippen LogP contribution in [0.1, 0.15) is 51.9 Å². The second kappa shape index (κ2) is 11.3. The van der Waals surface area contributed by atoms with Crippen LogP contribution in [0, 0.1) is 5.92 Å². The number of halogens is 6. The minimum Gasteiger partial charge on any atom is -0.384 e. The molecule has 180 valence electrons. The molecule has 2 aliphatic carbocycles. The Balaban J connectivity index is 0.000000447. The van der Waals surface area contributed by atoms with Crippen LogP contribution in [0.2, 0.25) is 0 Å². The highest BCUT2D eigenvalue weighted by Gasteiger charge is 2.51. The van der Waals surface area contributed by atoms with Crippen molar-refractivity contribution in [2.45, 2.75) is 63.6 Å². The van der Waals surface area contributed by atoms with E-state index in [1.54, 1.807) is 0 Å². The van der Waals surface area contributed by atoms with E-state index in [-0.39, 0.29) is 29.4 Å². The summed E-state index contributed by atoms with van der Waals surface area (Å²) in [4.78, 5) is 8.00. The first-order chi connectivity index (χ1) is 14.4. The molecule has 3 aliphatic rings. The van der Waals surface area contributed by atoms with Gasteiger partial charge in [-0.05, 0) is 24.3 Å². The zero-order valence-electron chi connectivity index (χ0n) is 17.3. The van der Waals surface area contributed by atoms with Crippen molar-refractivity contribution < 1.29 is 39.6 Å². The maximum atomic E-state index is 13.0. The molecule has 1 heterocycles. The van der Waals surface area contributed by atoms with Gasteiger partial charge in [-0.3, -0.25) is 0 Å². The lowest BCUT2D eigenvalue weighted by molar-refractivity contribution is -0.0982. The molecule has 1 saturated heterocycles. The van der Waals surface area contributed by atoms with E-state index >= 15 is 0 Å². The number of hydrogen-bond acceptors (Lipinski definition) is 4. The van der Waals surface area contributed by atoms with Gasteiger partial charge < -0.3 is 10.1 Å². The molecule has 0 aromatic heterocycles. The zero-order valence-corrected chi connectivity index (χ0v) is 18.1. The van der Waals surface area contributed by atoms with Gasteiger partial charge in [0.15, 0.2) is 0 Å². The number of allylic oxidation sites excluding steroid dienone is 2. The van der Waals surface area contributed by atoms with Crippen LogP contribution in [0.15, 0.2) is 22.9 Å². The molecule has 0 bridgehead atoms. The summed E-state index contributed by atoms with van der Waals surface area (Å²) >= 11 is 0. The van der Waals surface area contributed by atoms with Crippen LogP contribution >= 0.6 is 0 Å². The summed E-state index contributed by atoms with van der Waals surface area (Å²) in [5, 5.41) is 2.57. The smallest absolute Gasteiger partial charge is 0.384 e. The van der Waals surface area contributed by atoms with E-state index in [9.17, 15) is 34.8 Å². The molecule has 1 N–H and O–H groups in total. The van der Waals surface area contributed by atoms with Crippen LogP contribution in [0.25, 0.3) is 0 Å². The summed E-state index contributed by atoms with van der Waals surface area (Å²) in [5.41, 5.74) is -6.92. The average Bonchev–Trinajstić information content (AvgIpc) is 3.13. The minimum absolute atomic E-state index is 0.0350. The first kappa shape index (κ1) is 27.5. The van der Waals surface area contributed by atoms with E-state index in [0.29, 0.717) is 0 Å². The van der Waals surface area contributed by atoms with Gasteiger partial charge in [0, 0.05) is 30.9 Å². The Morgan fingerprint density at radius 1 is 1.13 bits per heavy atom. The van der Waals surface area contributed by atoms with Crippen molar-refractivity contribution in [2.75, 3.05) is 19.6 Å². The Hall–Kier alpha value is -1.56. The number of nitrogens with zero attached hydrogens (tertiary/aromatic N) is 1. The fraction of sp³-hybridized carbons (Fsp3) is 0.737. The predicted molar refractivity (Wildman–Crippen MR) is 104 cm³/mol. The number of carbonyl (C=O) groups excluding carboxylic acids is 1. The minimum atomic E-state index is -5.68. The van der Waals surface area contributed by atoms with Gasteiger partial charge in [-0.15, -0.1) is 0 Å². The third-order valence-electron chi connectivity index (χ3n) is 5.47. The van der Waals surface area contributed by atoms with Crippen molar-refractivity contribution in [3.8, 4) is 0 Å². The van der Waals surface area contributed by atoms with E-state index in [1.807, 2.05) is 6.79 Å². The first-order valence-corrected chi connectivity index (χ1v) is 11.4.